The molecule has 1 aliphatic carbocycles. The molecule has 2 rings (SSSR count). The maximum Gasteiger partial charge on any atom is 0.326 e. The molecule has 0 heterocycles. The Balaban J connectivity index is 2.10. The molecule has 102 valence electrons. The van der Waals surface area contributed by atoms with E-state index in [-0.39, 0.29) is 18.4 Å². The van der Waals surface area contributed by atoms with Gasteiger partial charge in [0.1, 0.15) is 11.9 Å². The minimum absolute atomic E-state index is 0.0205. The van der Waals surface area contributed by atoms with E-state index in [1.807, 2.05) is 0 Å². The fourth-order valence-electron chi connectivity index (χ4n) is 2.12. The number of amides is 1. The van der Waals surface area contributed by atoms with Crippen LogP contribution in [-0.2, 0) is 16.0 Å². The highest BCUT2D eigenvalue weighted by atomic mass is 19.1. The average molecular weight is 265 g/mol. The van der Waals surface area contributed by atoms with Gasteiger partial charge in [0.05, 0.1) is 6.42 Å². The lowest BCUT2D eigenvalue weighted by molar-refractivity contribution is -0.149. The van der Waals surface area contributed by atoms with Crippen molar-refractivity contribution in [2.24, 2.45) is 0 Å². The summed E-state index contributed by atoms with van der Waals surface area (Å²) in [5.41, 5.74) is 0.563. The molecular formula is C14H16FNO3. The van der Waals surface area contributed by atoms with Crippen molar-refractivity contribution >= 4 is 11.9 Å². The van der Waals surface area contributed by atoms with Gasteiger partial charge in [-0.05, 0) is 37.5 Å². The van der Waals surface area contributed by atoms with Crippen molar-refractivity contribution in [2.45, 2.75) is 38.3 Å². The Hall–Kier alpha value is -1.91. The molecule has 0 saturated heterocycles. The number of rotatable bonds is 5. The number of carboxylic acids is 1. The molecule has 5 heteroatoms. The quantitative estimate of drug-likeness (QED) is 0.883. The van der Waals surface area contributed by atoms with Crippen LogP contribution < -0.4 is 0 Å². The molecule has 4 nitrogen and oxygen atoms in total. The van der Waals surface area contributed by atoms with Crippen LogP contribution in [0.2, 0.25) is 0 Å². The molecule has 1 unspecified atom stereocenters. The Morgan fingerprint density at radius 1 is 1.47 bits per heavy atom. The van der Waals surface area contributed by atoms with E-state index in [2.05, 4.69) is 0 Å². The van der Waals surface area contributed by atoms with Crippen LogP contribution in [0.25, 0.3) is 0 Å². The zero-order valence-corrected chi connectivity index (χ0v) is 10.7. The fourth-order valence-corrected chi connectivity index (χ4v) is 2.12. The van der Waals surface area contributed by atoms with E-state index < -0.39 is 17.8 Å². The lowest BCUT2D eigenvalue weighted by Gasteiger charge is -2.26. The second-order valence-corrected chi connectivity index (χ2v) is 4.85. The number of hydrogen-bond acceptors (Lipinski definition) is 2. The normalized spacial score (nSPS) is 15.9. The number of nitrogens with zero attached hydrogens (tertiary/aromatic N) is 1. The van der Waals surface area contributed by atoms with Gasteiger partial charge in [-0.1, -0.05) is 12.1 Å². The van der Waals surface area contributed by atoms with Crippen molar-refractivity contribution in [2.75, 3.05) is 0 Å². The first-order valence-electron chi connectivity index (χ1n) is 6.27. The number of carbonyl (C=O) groups excluding carboxylic acids is 1. The van der Waals surface area contributed by atoms with Crippen LogP contribution in [0.5, 0.6) is 0 Å². The van der Waals surface area contributed by atoms with Crippen molar-refractivity contribution in [3.05, 3.63) is 35.6 Å². The largest absolute Gasteiger partial charge is 0.480 e. The van der Waals surface area contributed by atoms with Crippen molar-refractivity contribution in [1.82, 2.24) is 4.90 Å². The number of halogens is 1. The monoisotopic (exact) mass is 265 g/mol. The van der Waals surface area contributed by atoms with Gasteiger partial charge in [-0.2, -0.15) is 0 Å². The topological polar surface area (TPSA) is 57.6 Å². The molecule has 0 radical (unpaired) electrons. The van der Waals surface area contributed by atoms with Crippen LogP contribution in [-0.4, -0.2) is 34.0 Å². The molecule has 0 aliphatic heterocycles. The molecular weight excluding hydrogens is 249 g/mol. The first kappa shape index (κ1) is 13.5. The third-order valence-corrected chi connectivity index (χ3v) is 3.25. The van der Waals surface area contributed by atoms with Crippen LogP contribution in [0.3, 0.4) is 0 Å². The SMILES string of the molecule is CC(C(=O)O)N(C(=O)Cc1cccc(F)c1)C1CC1. The highest BCUT2D eigenvalue weighted by Crippen LogP contribution is 2.29. The van der Waals surface area contributed by atoms with E-state index >= 15 is 0 Å². The average Bonchev–Trinajstić information content (AvgIpc) is 3.13. The third-order valence-electron chi connectivity index (χ3n) is 3.25. The summed E-state index contributed by atoms with van der Waals surface area (Å²) in [4.78, 5) is 24.6. The van der Waals surface area contributed by atoms with Gasteiger partial charge in [-0.3, -0.25) is 4.79 Å². The van der Waals surface area contributed by atoms with Crippen molar-refractivity contribution in [3.8, 4) is 0 Å². The summed E-state index contributed by atoms with van der Waals surface area (Å²) in [7, 11) is 0. The number of hydrogen-bond donors (Lipinski definition) is 1. The third kappa shape index (κ3) is 3.30. The second kappa shape index (κ2) is 5.38. The molecule has 0 bridgehead atoms. The summed E-state index contributed by atoms with van der Waals surface area (Å²) in [5.74, 6) is -1.67. The van der Waals surface area contributed by atoms with Gasteiger partial charge in [0.15, 0.2) is 0 Å². The van der Waals surface area contributed by atoms with Gasteiger partial charge in [0.25, 0.3) is 0 Å². The molecule has 1 N–H and O–H groups in total. The van der Waals surface area contributed by atoms with Gasteiger partial charge in [-0.25, -0.2) is 9.18 Å². The molecule has 1 fully saturated rings. The van der Waals surface area contributed by atoms with Gasteiger partial charge >= 0.3 is 5.97 Å². The molecule has 1 saturated carbocycles. The number of carbonyl (C=O) groups is 2. The van der Waals surface area contributed by atoms with E-state index in [1.54, 1.807) is 12.1 Å². The summed E-state index contributed by atoms with van der Waals surface area (Å²) in [5, 5.41) is 9.03. The maximum atomic E-state index is 13.1. The molecule has 1 aromatic carbocycles. The van der Waals surface area contributed by atoms with Crippen LogP contribution in [0.1, 0.15) is 25.3 Å². The highest BCUT2D eigenvalue weighted by molar-refractivity contribution is 5.85. The van der Waals surface area contributed by atoms with Crippen LogP contribution in [0, 0.1) is 5.82 Å². The Kier molecular flexibility index (Phi) is 3.83. The van der Waals surface area contributed by atoms with Gasteiger partial charge in [-0.15, -0.1) is 0 Å². The smallest absolute Gasteiger partial charge is 0.326 e. The molecule has 0 spiro atoms. The van der Waals surface area contributed by atoms with Crippen molar-refractivity contribution < 1.29 is 19.1 Å². The number of benzene rings is 1. The Morgan fingerprint density at radius 3 is 2.68 bits per heavy atom. The standard InChI is InChI=1S/C14H16FNO3/c1-9(14(18)19)16(12-5-6-12)13(17)8-10-3-2-4-11(15)7-10/h2-4,7,9,12H,5-6,8H2,1H3,(H,18,19). The van der Waals surface area contributed by atoms with Crippen LogP contribution in [0.15, 0.2) is 24.3 Å². The van der Waals surface area contributed by atoms with Crippen molar-refractivity contribution in [3.63, 3.8) is 0 Å². The molecule has 1 atom stereocenters. The lowest BCUT2D eigenvalue weighted by Crippen LogP contribution is -2.45. The molecule has 1 amide bonds. The molecule has 0 aromatic heterocycles. The lowest BCUT2D eigenvalue weighted by atomic mass is 10.1. The van der Waals surface area contributed by atoms with E-state index in [1.165, 1.54) is 24.0 Å². The zero-order valence-electron chi connectivity index (χ0n) is 10.7. The maximum absolute atomic E-state index is 13.1. The fraction of sp³-hybridized carbons (Fsp3) is 0.429. The summed E-state index contributed by atoms with van der Waals surface area (Å²) >= 11 is 0. The Bertz CT molecular complexity index is 499. The minimum atomic E-state index is -1.01. The summed E-state index contributed by atoms with van der Waals surface area (Å²) in [6.45, 7) is 1.50. The first-order chi connectivity index (χ1) is 8.99. The molecule has 1 aromatic rings. The summed E-state index contributed by atoms with van der Waals surface area (Å²) in [6.07, 6.45) is 1.71. The summed E-state index contributed by atoms with van der Waals surface area (Å²) in [6, 6.07) is 5.00. The van der Waals surface area contributed by atoms with Gasteiger partial charge < -0.3 is 10.0 Å². The van der Waals surface area contributed by atoms with E-state index in [4.69, 9.17) is 5.11 Å². The Labute approximate surface area is 110 Å². The molecule has 1 aliphatic rings. The number of aliphatic carboxylic acids is 1. The first-order valence-corrected chi connectivity index (χ1v) is 6.27. The summed E-state index contributed by atoms with van der Waals surface area (Å²) < 4.78 is 13.1. The van der Waals surface area contributed by atoms with E-state index in [9.17, 15) is 14.0 Å². The van der Waals surface area contributed by atoms with Crippen LogP contribution in [0.4, 0.5) is 4.39 Å². The zero-order chi connectivity index (χ0) is 14.0. The van der Waals surface area contributed by atoms with Gasteiger partial charge in [0, 0.05) is 6.04 Å². The molecule has 19 heavy (non-hydrogen) atoms. The predicted molar refractivity (Wildman–Crippen MR) is 67.1 cm³/mol. The Morgan fingerprint density at radius 2 is 2.16 bits per heavy atom. The van der Waals surface area contributed by atoms with Crippen LogP contribution >= 0.6 is 0 Å². The van der Waals surface area contributed by atoms with E-state index in [0.717, 1.165) is 12.8 Å². The van der Waals surface area contributed by atoms with Gasteiger partial charge in [0.2, 0.25) is 5.91 Å². The second-order valence-electron chi connectivity index (χ2n) is 4.85. The minimum Gasteiger partial charge on any atom is -0.480 e. The van der Waals surface area contributed by atoms with Crippen molar-refractivity contribution in [1.29, 1.82) is 0 Å². The van der Waals surface area contributed by atoms with E-state index in [0.29, 0.717) is 5.56 Å². The highest BCUT2D eigenvalue weighted by Gasteiger charge is 2.38. The predicted octanol–water partition coefficient (Wildman–Crippen LogP) is 1.83. The number of carboxylic acid groups (broad SMARTS) is 1.